The zero-order valence-corrected chi connectivity index (χ0v) is 15.0. The Morgan fingerprint density at radius 3 is 2.67 bits per heavy atom. The molecule has 0 aliphatic rings. The van der Waals surface area contributed by atoms with Crippen LogP contribution in [0.2, 0.25) is 0 Å². The Bertz CT molecular complexity index is 799. The van der Waals surface area contributed by atoms with E-state index in [9.17, 15) is 0 Å². The second-order valence-electron chi connectivity index (χ2n) is 6.44. The summed E-state index contributed by atoms with van der Waals surface area (Å²) in [6, 6.07) is 10.3. The van der Waals surface area contributed by atoms with E-state index < -0.39 is 0 Å². The highest BCUT2D eigenvalue weighted by Crippen LogP contribution is 2.28. The van der Waals surface area contributed by atoms with Gasteiger partial charge in [-0.25, -0.2) is 4.68 Å². The Balaban J connectivity index is 1.80. The van der Waals surface area contributed by atoms with Crippen molar-refractivity contribution in [3.05, 3.63) is 47.3 Å². The van der Waals surface area contributed by atoms with Crippen LogP contribution in [0.1, 0.15) is 49.7 Å². The second-order valence-corrected chi connectivity index (χ2v) is 6.44. The molecule has 0 aliphatic carbocycles. The Kier molecular flexibility index (Phi) is 4.62. The first-order chi connectivity index (χ1) is 11.5. The van der Waals surface area contributed by atoms with Crippen molar-refractivity contribution in [3.8, 4) is 5.88 Å². The molecule has 0 saturated carbocycles. The SMILES string of the molecule is COc1c(CNC(C)c2cc3ccccc3o2)c(C(C)C)nn1C. The summed E-state index contributed by atoms with van der Waals surface area (Å²) in [5.41, 5.74) is 3.10. The van der Waals surface area contributed by atoms with Crippen molar-refractivity contribution in [1.29, 1.82) is 0 Å². The first-order valence-electron chi connectivity index (χ1n) is 8.32. The largest absolute Gasteiger partial charge is 0.481 e. The van der Waals surface area contributed by atoms with Gasteiger partial charge < -0.3 is 14.5 Å². The maximum atomic E-state index is 5.94. The fraction of sp³-hybridized carbons (Fsp3) is 0.421. The van der Waals surface area contributed by atoms with Gasteiger partial charge in [0.25, 0.3) is 0 Å². The minimum absolute atomic E-state index is 0.0994. The molecule has 1 N–H and O–H groups in total. The van der Waals surface area contributed by atoms with Crippen LogP contribution < -0.4 is 10.1 Å². The molecule has 5 heteroatoms. The topological polar surface area (TPSA) is 52.2 Å². The summed E-state index contributed by atoms with van der Waals surface area (Å²) in [6.45, 7) is 7.08. The van der Waals surface area contributed by atoms with Crippen LogP contribution in [0, 0.1) is 0 Å². The Morgan fingerprint density at radius 1 is 1.25 bits per heavy atom. The lowest BCUT2D eigenvalue weighted by atomic mass is 10.1. The Labute approximate surface area is 142 Å². The molecule has 2 heterocycles. The molecule has 128 valence electrons. The lowest BCUT2D eigenvalue weighted by Gasteiger charge is -2.13. The minimum Gasteiger partial charge on any atom is -0.481 e. The summed E-state index contributed by atoms with van der Waals surface area (Å²) in [4.78, 5) is 0. The van der Waals surface area contributed by atoms with Crippen LogP contribution in [0.4, 0.5) is 0 Å². The zero-order valence-electron chi connectivity index (χ0n) is 15.0. The molecule has 0 amide bonds. The smallest absolute Gasteiger partial charge is 0.216 e. The maximum Gasteiger partial charge on any atom is 0.216 e. The molecular formula is C19H25N3O2. The van der Waals surface area contributed by atoms with Crippen LogP contribution in [0.3, 0.4) is 0 Å². The van der Waals surface area contributed by atoms with Crippen LogP contribution in [-0.4, -0.2) is 16.9 Å². The molecule has 3 aromatic rings. The molecule has 5 nitrogen and oxygen atoms in total. The van der Waals surface area contributed by atoms with E-state index in [0.717, 1.165) is 33.9 Å². The number of hydrogen-bond acceptors (Lipinski definition) is 4. The lowest BCUT2D eigenvalue weighted by molar-refractivity contribution is 0.365. The fourth-order valence-electron chi connectivity index (χ4n) is 3.03. The van der Waals surface area contributed by atoms with Gasteiger partial charge >= 0.3 is 0 Å². The first-order valence-corrected chi connectivity index (χ1v) is 8.32. The van der Waals surface area contributed by atoms with Gasteiger partial charge in [0.2, 0.25) is 5.88 Å². The summed E-state index contributed by atoms with van der Waals surface area (Å²) in [7, 11) is 3.60. The van der Waals surface area contributed by atoms with Gasteiger partial charge in [-0.15, -0.1) is 0 Å². The number of aryl methyl sites for hydroxylation is 1. The number of fused-ring (bicyclic) bond motifs is 1. The number of aromatic nitrogens is 2. The third-order valence-electron chi connectivity index (χ3n) is 4.32. The normalized spacial score (nSPS) is 12.9. The van der Waals surface area contributed by atoms with Gasteiger partial charge in [-0.2, -0.15) is 5.10 Å². The Hall–Kier alpha value is -2.27. The number of para-hydroxylation sites is 1. The zero-order chi connectivity index (χ0) is 17.3. The van der Waals surface area contributed by atoms with E-state index in [1.165, 1.54) is 0 Å². The number of methoxy groups -OCH3 is 1. The molecule has 1 unspecified atom stereocenters. The van der Waals surface area contributed by atoms with Crippen molar-refractivity contribution < 1.29 is 9.15 Å². The molecule has 24 heavy (non-hydrogen) atoms. The molecule has 0 saturated heterocycles. The monoisotopic (exact) mass is 327 g/mol. The number of furan rings is 1. The Morgan fingerprint density at radius 2 is 2.00 bits per heavy atom. The highest BCUT2D eigenvalue weighted by molar-refractivity contribution is 5.77. The standard InChI is InChI=1S/C19H25N3O2/c1-12(2)18-15(19(23-5)22(4)21-18)11-20-13(3)17-10-14-8-6-7-9-16(14)24-17/h6-10,12-13,20H,11H2,1-5H3. The van der Waals surface area contributed by atoms with Crippen LogP contribution in [0.15, 0.2) is 34.7 Å². The molecule has 0 spiro atoms. The van der Waals surface area contributed by atoms with E-state index in [1.54, 1.807) is 11.8 Å². The molecule has 1 aromatic carbocycles. The maximum absolute atomic E-state index is 5.94. The molecule has 1 atom stereocenters. The lowest BCUT2D eigenvalue weighted by Crippen LogP contribution is -2.18. The number of nitrogens with one attached hydrogen (secondary N) is 1. The van der Waals surface area contributed by atoms with Gasteiger partial charge in [-0.05, 0) is 25.0 Å². The van der Waals surface area contributed by atoms with Crippen molar-refractivity contribution in [2.45, 2.75) is 39.3 Å². The van der Waals surface area contributed by atoms with Crippen molar-refractivity contribution in [1.82, 2.24) is 15.1 Å². The number of nitrogens with zero attached hydrogens (tertiary/aromatic N) is 2. The number of benzene rings is 1. The van der Waals surface area contributed by atoms with Gasteiger partial charge in [-0.3, -0.25) is 0 Å². The third-order valence-corrected chi connectivity index (χ3v) is 4.32. The molecule has 0 aliphatic heterocycles. The van der Waals surface area contributed by atoms with E-state index in [-0.39, 0.29) is 6.04 Å². The van der Waals surface area contributed by atoms with Crippen LogP contribution >= 0.6 is 0 Å². The summed E-state index contributed by atoms with van der Waals surface area (Å²) in [5, 5.41) is 9.25. The van der Waals surface area contributed by atoms with Crippen molar-refractivity contribution in [2.75, 3.05) is 7.11 Å². The minimum atomic E-state index is 0.0994. The van der Waals surface area contributed by atoms with Crippen LogP contribution in [0.5, 0.6) is 5.88 Å². The molecule has 3 rings (SSSR count). The first kappa shape index (κ1) is 16.6. The van der Waals surface area contributed by atoms with E-state index in [2.05, 4.69) is 43.3 Å². The predicted molar refractivity (Wildman–Crippen MR) is 95.3 cm³/mol. The fourth-order valence-corrected chi connectivity index (χ4v) is 3.03. The highest BCUT2D eigenvalue weighted by Gasteiger charge is 2.20. The van der Waals surface area contributed by atoms with Gasteiger partial charge in [0.15, 0.2) is 0 Å². The average molecular weight is 327 g/mol. The summed E-state index contributed by atoms with van der Waals surface area (Å²) < 4.78 is 13.3. The number of rotatable bonds is 6. The quantitative estimate of drug-likeness (QED) is 0.739. The van der Waals surface area contributed by atoms with Crippen molar-refractivity contribution in [2.24, 2.45) is 7.05 Å². The molecule has 0 radical (unpaired) electrons. The highest BCUT2D eigenvalue weighted by atomic mass is 16.5. The van der Waals surface area contributed by atoms with Crippen LogP contribution in [-0.2, 0) is 13.6 Å². The number of hydrogen-bond donors (Lipinski definition) is 1. The van der Waals surface area contributed by atoms with E-state index >= 15 is 0 Å². The summed E-state index contributed by atoms with van der Waals surface area (Å²) in [5.74, 6) is 2.09. The summed E-state index contributed by atoms with van der Waals surface area (Å²) in [6.07, 6.45) is 0. The predicted octanol–water partition coefficient (Wildman–Crippen LogP) is 4.15. The molecule has 2 aromatic heterocycles. The van der Waals surface area contributed by atoms with Gasteiger partial charge in [0, 0.05) is 19.0 Å². The molecular weight excluding hydrogens is 302 g/mol. The second kappa shape index (κ2) is 6.69. The molecule has 0 bridgehead atoms. The number of ether oxygens (including phenoxy) is 1. The van der Waals surface area contributed by atoms with Gasteiger partial charge in [0.05, 0.1) is 24.4 Å². The summed E-state index contributed by atoms with van der Waals surface area (Å²) >= 11 is 0. The van der Waals surface area contributed by atoms with Crippen LogP contribution in [0.25, 0.3) is 11.0 Å². The van der Waals surface area contributed by atoms with E-state index in [0.29, 0.717) is 12.5 Å². The van der Waals surface area contributed by atoms with Gasteiger partial charge in [-0.1, -0.05) is 32.0 Å². The van der Waals surface area contributed by atoms with Crippen molar-refractivity contribution in [3.63, 3.8) is 0 Å². The molecule has 0 fully saturated rings. The van der Waals surface area contributed by atoms with E-state index in [1.807, 2.05) is 25.2 Å². The van der Waals surface area contributed by atoms with Crippen molar-refractivity contribution >= 4 is 11.0 Å². The van der Waals surface area contributed by atoms with E-state index in [4.69, 9.17) is 9.15 Å². The average Bonchev–Trinajstić information content (AvgIpc) is 3.13. The van der Waals surface area contributed by atoms with Gasteiger partial charge in [0.1, 0.15) is 11.3 Å². The third kappa shape index (κ3) is 3.04.